The van der Waals surface area contributed by atoms with Gasteiger partial charge in [-0.1, -0.05) is 31.0 Å². The number of ether oxygens (including phenoxy) is 1. The highest BCUT2D eigenvalue weighted by Crippen LogP contribution is 2.43. The quantitative estimate of drug-likeness (QED) is 0.725. The number of rotatable bonds is 0. The second-order valence-corrected chi connectivity index (χ2v) is 5.00. The van der Waals surface area contributed by atoms with E-state index in [4.69, 9.17) is 4.74 Å². The lowest BCUT2D eigenvalue weighted by Gasteiger charge is -2.31. The first-order valence-electron chi connectivity index (χ1n) is 6.26. The molecule has 2 heteroatoms. The Balaban J connectivity index is 1.96. The van der Waals surface area contributed by atoms with E-state index in [2.05, 4.69) is 0 Å². The van der Waals surface area contributed by atoms with Gasteiger partial charge in [0.25, 0.3) is 0 Å². The van der Waals surface area contributed by atoms with Crippen molar-refractivity contribution in [3.8, 4) is 5.75 Å². The molecule has 3 atom stereocenters. The van der Waals surface area contributed by atoms with E-state index in [1.165, 1.54) is 19.3 Å². The summed E-state index contributed by atoms with van der Waals surface area (Å²) in [6, 6.07) is 7.92. The lowest BCUT2D eigenvalue weighted by molar-refractivity contribution is 0.0422. The number of para-hydroxylation sites is 1. The zero-order chi connectivity index (χ0) is 11.0. The van der Waals surface area contributed by atoms with Crippen LogP contribution in [0, 0.1) is 11.8 Å². The van der Waals surface area contributed by atoms with Gasteiger partial charge in [-0.3, -0.25) is 0 Å². The minimum Gasteiger partial charge on any atom is -0.493 e. The monoisotopic (exact) mass is 218 g/mol. The third kappa shape index (κ3) is 1.61. The first-order chi connectivity index (χ1) is 7.86. The van der Waals surface area contributed by atoms with Gasteiger partial charge in [-0.05, 0) is 30.7 Å². The topological polar surface area (TPSA) is 29.5 Å². The van der Waals surface area contributed by atoms with Crippen molar-refractivity contribution in [2.75, 3.05) is 6.61 Å². The first kappa shape index (κ1) is 10.2. The average molecular weight is 218 g/mol. The standard InChI is InChI=1S/C14H18O2/c15-14-11-6-2-1-5-10(11)9-16-13-8-4-3-7-12(13)14/h3-4,7-8,10-11,14-15H,1-2,5-6,9H2/t10-,11-,14+/m0/s1. The minimum absolute atomic E-state index is 0.330. The van der Waals surface area contributed by atoms with E-state index in [1.807, 2.05) is 24.3 Å². The summed E-state index contributed by atoms with van der Waals surface area (Å²) in [6.07, 6.45) is 4.55. The lowest BCUT2D eigenvalue weighted by atomic mass is 9.75. The predicted molar refractivity (Wildman–Crippen MR) is 62.3 cm³/mol. The van der Waals surface area contributed by atoms with Gasteiger partial charge in [0.05, 0.1) is 12.7 Å². The Bertz CT molecular complexity index is 375. The summed E-state index contributed by atoms with van der Waals surface area (Å²) >= 11 is 0. The van der Waals surface area contributed by atoms with Crippen molar-refractivity contribution in [3.63, 3.8) is 0 Å². The van der Waals surface area contributed by atoms with Crippen LogP contribution in [0.25, 0.3) is 0 Å². The smallest absolute Gasteiger partial charge is 0.125 e. The van der Waals surface area contributed by atoms with Gasteiger partial charge >= 0.3 is 0 Å². The molecule has 1 fully saturated rings. The molecule has 0 bridgehead atoms. The van der Waals surface area contributed by atoms with Crippen LogP contribution in [0.1, 0.15) is 37.4 Å². The Morgan fingerprint density at radius 1 is 1.12 bits per heavy atom. The highest BCUT2D eigenvalue weighted by Gasteiger charge is 2.35. The highest BCUT2D eigenvalue weighted by molar-refractivity contribution is 5.36. The first-order valence-corrected chi connectivity index (χ1v) is 6.26. The minimum atomic E-state index is -0.330. The van der Waals surface area contributed by atoms with Crippen molar-refractivity contribution in [2.45, 2.75) is 31.8 Å². The number of aliphatic hydroxyl groups is 1. The van der Waals surface area contributed by atoms with Crippen molar-refractivity contribution in [2.24, 2.45) is 11.8 Å². The van der Waals surface area contributed by atoms with Crippen LogP contribution < -0.4 is 4.74 Å². The number of hydrogen-bond donors (Lipinski definition) is 1. The number of benzene rings is 1. The van der Waals surface area contributed by atoms with Crippen molar-refractivity contribution in [3.05, 3.63) is 29.8 Å². The molecule has 0 spiro atoms. The molecule has 1 saturated carbocycles. The van der Waals surface area contributed by atoms with Crippen LogP contribution in [0.2, 0.25) is 0 Å². The molecule has 1 N–H and O–H groups in total. The fourth-order valence-electron chi connectivity index (χ4n) is 3.14. The molecule has 3 rings (SSSR count). The number of hydrogen-bond acceptors (Lipinski definition) is 2. The van der Waals surface area contributed by atoms with Crippen LogP contribution in [0.3, 0.4) is 0 Å². The third-order valence-electron chi connectivity index (χ3n) is 4.06. The molecule has 1 aliphatic carbocycles. The predicted octanol–water partition coefficient (Wildman–Crippen LogP) is 2.92. The summed E-state index contributed by atoms with van der Waals surface area (Å²) in [5, 5.41) is 10.5. The van der Waals surface area contributed by atoms with Crippen molar-refractivity contribution < 1.29 is 9.84 Å². The summed E-state index contributed by atoms with van der Waals surface area (Å²) in [4.78, 5) is 0. The molecule has 0 radical (unpaired) electrons. The zero-order valence-corrected chi connectivity index (χ0v) is 9.43. The van der Waals surface area contributed by atoms with Gasteiger partial charge in [-0.15, -0.1) is 0 Å². The van der Waals surface area contributed by atoms with Crippen molar-refractivity contribution in [1.29, 1.82) is 0 Å². The second kappa shape index (κ2) is 4.10. The Morgan fingerprint density at radius 2 is 1.94 bits per heavy atom. The molecule has 86 valence electrons. The molecule has 0 unspecified atom stereocenters. The fourth-order valence-corrected chi connectivity index (χ4v) is 3.14. The number of fused-ring (bicyclic) bond motifs is 2. The Morgan fingerprint density at radius 3 is 2.88 bits per heavy atom. The molecule has 1 aliphatic heterocycles. The largest absolute Gasteiger partial charge is 0.493 e. The summed E-state index contributed by atoms with van der Waals surface area (Å²) in [5.74, 6) is 1.82. The van der Waals surface area contributed by atoms with Crippen LogP contribution in [0.5, 0.6) is 5.75 Å². The van der Waals surface area contributed by atoms with Crippen LogP contribution in [-0.4, -0.2) is 11.7 Å². The zero-order valence-electron chi connectivity index (χ0n) is 9.43. The summed E-state index contributed by atoms with van der Waals surface area (Å²) in [7, 11) is 0. The van der Waals surface area contributed by atoms with Crippen LogP contribution in [0.15, 0.2) is 24.3 Å². The van der Waals surface area contributed by atoms with Gasteiger partial charge in [0.2, 0.25) is 0 Å². The highest BCUT2D eigenvalue weighted by atomic mass is 16.5. The molecule has 1 aromatic carbocycles. The molecule has 2 aliphatic rings. The molecule has 0 saturated heterocycles. The second-order valence-electron chi connectivity index (χ2n) is 5.00. The average Bonchev–Trinajstić information content (AvgIpc) is 2.49. The fraction of sp³-hybridized carbons (Fsp3) is 0.571. The van der Waals surface area contributed by atoms with E-state index in [-0.39, 0.29) is 6.10 Å². The van der Waals surface area contributed by atoms with E-state index in [0.717, 1.165) is 24.3 Å². The van der Waals surface area contributed by atoms with E-state index >= 15 is 0 Å². The van der Waals surface area contributed by atoms with Gasteiger partial charge in [0, 0.05) is 5.56 Å². The molecule has 1 heterocycles. The summed E-state index contributed by atoms with van der Waals surface area (Å²) in [5.41, 5.74) is 0.983. The van der Waals surface area contributed by atoms with Crippen LogP contribution in [-0.2, 0) is 0 Å². The van der Waals surface area contributed by atoms with Crippen molar-refractivity contribution in [1.82, 2.24) is 0 Å². The Hall–Kier alpha value is -1.02. The molecule has 2 nitrogen and oxygen atoms in total. The van der Waals surface area contributed by atoms with Crippen LogP contribution >= 0.6 is 0 Å². The van der Waals surface area contributed by atoms with E-state index in [0.29, 0.717) is 11.8 Å². The Kier molecular flexibility index (Phi) is 2.60. The Labute approximate surface area is 96.2 Å². The molecular weight excluding hydrogens is 200 g/mol. The van der Waals surface area contributed by atoms with Gasteiger partial charge in [0.15, 0.2) is 0 Å². The van der Waals surface area contributed by atoms with E-state index in [9.17, 15) is 5.11 Å². The summed E-state index contributed by atoms with van der Waals surface area (Å²) < 4.78 is 5.83. The van der Waals surface area contributed by atoms with Gasteiger partial charge < -0.3 is 9.84 Å². The lowest BCUT2D eigenvalue weighted by Crippen LogP contribution is -2.27. The maximum absolute atomic E-state index is 10.5. The van der Waals surface area contributed by atoms with Gasteiger partial charge in [-0.25, -0.2) is 0 Å². The normalized spacial score (nSPS) is 33.2. The van der Waals surface area contributed by atoms with Gasteiger partial charge in [0.1, 0.15) is 5.75 Å². The van der Waals surface area contributed by atoms with E-state index in [1.54, 1.807) is 0 Å². The maximum Gasteiger partial charge on any atom is 0.125 e. The summed E-state index contributed by atoms with van der Waals surface area (Å²) in [6.45, 7) is 0.777. The number of aliphatic hydroxyl groups excluding tert-OH is 1. The molecular formula is C14H18O2. The van der Waals surface area contributed by atoms with Crippen molar-refractivity contribution >= 4 is 0 Å². The van der Waals surface area contributed by atoms with E-state index < -0.39 is 0 Å². The van der Waals surface area contributed by atoms with Gasteiger partial charge in [-0.2, -0.15) is 0 Å². The molecule has 0 aromatic heterocycles. The van der Waals surface area contributed by atoms with Crippen LogP contribution in [0.4, 0.5) is 0 Å². The molecule has 0 amide bonds. The molecule has 16 heavy (non-hydrogen) atoms. The molecule has 1 aromatic rings. The third-order valence-corrected chi connectivity index (χ3v) is 4.06. The SMILES string of the molecule is O[C@H]1c2ccccc2OC[C@@H]2CCCC[C@@H]21. The maximum atomic E-state index is 10.5.